The molecule has 0 saturated heterocycles. The van der Waals surface area contributed by atoms with Crippen LogP contribution in [0.15, 0.2) is 36.5 Å². The Bertz CT molecular complexity index is 272. The fraction of sp³-hybridized carbons (Fsp3) is 0.625. The van der Waals surface area contributed by atoms with Gasteiger partial charge in [-0.25, -0.2) is 4.31 Å². The van der Waals surface area contributed by atoms with E-state index in [1.165, 1.54) is 18.4 Å². The molecular weight excluding hydrogens is 252 g/mol. The molecule has 0 bridgehead atoms. The highest BCUT2D eigenvalue weighted by molar-refractivity contribution is 7.97. The zero-order valence-corrected chi connectivity index (χ0v) is 13.6. The quantitative estimate of drug-likeness (QED) is 0.330. The average Bonchev–Trinajstić information content (AvgIpc) is 2.39. The molecule has 0 radical (unpaired) electrons. The van der Waals surface area contributed by atoms with Crippen LogP contribution in [-0.2, 0) is 0 Å². The third kappa shape index (κ3) is 11.0. The molecule has 1 N–H and O–H groups in total. The van der Waals surface area contributed by atoms with Crippen LogP contribution in [0.2, 0.25) is 0 Å². The summed E-state index contributed by atoms with van der Waals surface area (Å²) in [5.74, 6) is 1.14. The van der Waals surface area contributed by atoms with Crippen molar-refractivity contribution >= 4 is 11.9 Å². The molecule has 3 heteroatoms. The van der Waals surface area contributed by atoms with Crippen LogP contribution < -0.4 is 5.32 Å². The van der Waals surface area contributed by atoms with Crippen molar-refractivity contribution in [1.82, 2.24) is 9.62 Å². The molecule has 0 unspecified atom stereocenters. The first-order chi connectivity index (χ1) is 9.28. The zero-order chi connectivity index (χ0) is 14.3. The maximum Gasteiger partial charge on any atom is 0.0340 e. The maximum atomic E-state index is 3.79. The van der Waals surface area contributed by atoms with Gasteiger partial charge in [-0.1, -0.05) is 56.7 Å². The Morgan fingerprint density at radius 3 is 2.63 bits per heavy atom. The molecule has 0 saturated carbocycles. The predicted molar refractivity (Wildman–Crippen MR) is 90.6 cm³/mol. The molecule has 0 aliphatic rings. The Labute approximate surface area is 124 Å². The van der Waals surface area contributed by atoms with Gasteiger partial charge in [-0.15, -0.1) is 0 Å². The Morgan fingerprint density at radius 1 is 1.26 bits per heavy atom. The van der Waals surface area contributed by atoms with Crippen molar-refractivity contribution in [1.29, 1.82) is 0 Å². The summed E-state index contributed by atoms with van der Waals surface area (Å²) in [4.78, 5) is 0. The van der Waals surface area contributed by atoms with Gasteiger partial charge in [-0.3, -0.25) is 0 Å². The van der Waals surface area contributed by atoms with Gasteiger partial charge in [0, 0.05) is 25.4 Å². The SMILES string of the molecule is C=C/C=C(\C=C/C)CN(CCC)SCCNCCC. The molecule has 2 nitrogen and oxygen atoms in total. The molecule has 0 heterocycles. The minimum atomic E-state index is 0.989. The summed E-state index contributed by atoms with van der Waals surface area (Å²) >= 11 is 1.94. The van der Waals surface area contributed by atoms with Crippen LogP contribution in [0.3, 0.4) is 0 Å². The molecule has 19 heavy (non-hydrogen) atoms. The van der Waals surface area contributed by atoms with Gasteiger partial charge in [0.1, 0.15) is 0 Å². The lowest BCUT2D eigenvalue weighted by molar-refractivity contribution is 0.507. The van der Waals surface area contributed by atoms with E-state index in [9.17, 15) is 0 Å². The minimum absolute atomic E-state index is 0.989. The predicted octanol–water partition coefficient (Wildman–Crippen LogP) is 4.03. The highest BCUT2D eigenvalue weighted by atomic mass is 32.2. The van der Waals surface area contributed by atoms with Crippen LogP contribution in [-0.4, -0.2) is 36.2 Å². The molecule has 110 valence electrons. The number of nitrogens with zero attached hydrogens (tertiary/aromatic N) is 1. The minimum Gasteiger partial charge on any atom is -0.316 e. The number of allylic oxidation sites excluding steroid dienone is 3. The molecule has 0 aliphatic heterocycles. The Balaban J connectivity index is 4.15. The van der Waals surface area contributed by atoms with E-state index in [-0.39, 0.29) is 0 Å². The van der Waals surface area contributed by atoms with E-state index < -0.39 is 0 Å². The van der Waals surface area contributed by atoms with E-state index in [0.29, 0.717) is 0 Å². The average molecular weight is 282 g/mol. The van der Waals surface area contributed by atoms with E-state index in [1.54, 1.807) is 0 Å². The molecule has 0 rings (SSSR count). The lowest BCUT2D eigenvalue weighted by atomic mass is 10.2. The van der Waals surface area contributed by atoms with Gasteiger partial charge in [0.2, 0.25) is 0 Å². The second kappa shape index (κ2) is 13.9. The van der Waals surface area contributed by atoms with Gasteiger partial charge in [0.15, 0.2) is 0 Å². The van der Waals surface area contributed by atoms with Crippen LogP contribution in [0.25, 0.3) is 0 Å². The lowest BCUT2D eigenvalue weighted by Gasteiger charge is -2.21. The lowest BCUT2D eigenvalue weighted by Crippen LogP contribution is -2.24. The summed E-state index contributed by atoms with van der Waals surface area (Å²) < 4.78 is 2.45. The molecule has 0 aromatic heterocycles. The van der Waals surface area contributed by atoms with E-state index in [1.807, 2.05) is 18.0 Å². The molecule has 0 aromatic rings. The Kier molecular flexibility index (Phi) is 13.5. The second-order valence-electron chi connectivity index (χ2n) is 4.42. The third-order valence-corrected chi connectivity index (χ3v) is 3.59. The van der Waals surface area contributed by atoms with Crippen molar-refractivity contribution in [2.24, 2.45) is 0 Å². The van der Waals surface area contributed by atoms with E-state index in [4.69, 9.17) is 0 Å². The van der Waals surface area contributed by atoms with Gasteiger partial charge < -0.3 is 5.32 Å². The maximum absolute atomic E-state index is 3.79. The van der Waals surface area contributed by atoms with E-state index in [0.717, 1.165) is 31.9 Å². The van der Waals surface area contributed by atoms with Crippen molar-refractivity contribution in [3.05, 3.63) is 36.5 Å². The number of nitrogens with one attached hydrogen (secondary N) is 1. The largest absolute Gasteiger partial charge is 0.316 e. The third-order valence-electron chi connectivity index (χ3n) is 2.52. The van der Waals surface area contributed by atoms with Gasteiger partial charge >= 0.3 is 0 Å². The van der Waals surface area contributed by atoms with Gasteiger partial charge in [0.05, 0.1) is 0 Å². The standard InChI is InChI=1S/C16H30N2S/c1-5-9-16(10-6-2)15-18(13-8-4)19-14-12-17-11-7-3/h5-6,9-10,17H,1,7-8,11-15H2,2-4H3/b10-6-,16-9+. The number of hydrogen-bond acceptors (Lipinski definition) is 3. The van der Waals surface area contributed by atoms with Gasteiger partial charge in [-0.05, 0) is 31.9 Å². The van der Waals surface area contributed by atoms with Crippen molar-refractivity contribution in [2.75, 3.05) is 31.9 Å². The smallest absolute Gasteiger partial charge is 0.0340 e. The summed E-state index contributed by atoms with van der Waals surface area (Å²) in [7, 11) is 0. The molecule has 0 spiro atoms. The van der Waals surface area contributed by atoms with Crippen LogP contribution in [0.1, 0.15) is 33.6 Å². The van der Waals surface area contributed by atoms with Gasteiger partial charge in [0.25, 0.3) is 0 Å². The van der Waals surface area contributed by atoms with Crippen molar-refractivity contribution in [3.63, 3.8) is 0 Å². The highest BCUT2D eigenvalue weighted by Gasteiger charge is 2.05. The monoisotopic (exact) mass is 282 g/mol. The first kappa shape index (κ1) is 18.5. The molecule has 0 aliphatic carbocycles. The molecular formula is C16H30N2S. The molecule has 0 atom stereocenters. The van der Waals surface area contributed by atoms with Crippen molar-refractivity contribution < 1.29 is 0 Å². The first-order valence-electron chi connectivity index (χ1n) is 7.31. The van der Waals surface area contributed by atoms with Crippen molar-refractivity contribution in [2.45, 2.75) is 33.6 Å². The molecule has 0 aromatic carbocycles. The normalized spacial score (nSPS) is 12.5. The zero-order valence-electron chi connectivity index (χ0n) is 12.8. The number of hydrogen-bond donors (Lipinski definition) is 1. The number of rotatable bonds is 12. The first-order valence-corrected chi connectivity index (χ1v) is 8.25. The summed E-state index contributed by atoms with van der Waals surface area (Å²) in [6, 6.07) is 0. The fourth-order valence-electron chi connectivity index (χ4n) is 1.72. The Hall–Kier alpha value is -0.510. The van der Waals surface area contributed by atoms with E-state index >= 15 is 0 Å². The summed E-state index contributed by atoms with van der Waals surface area (Å²) in [5, 5.41) is 3.44. The van der Waals surface area contributed by atoms with Crippen LogP contribution in [0.4, 0.5) is 0 Å². The van der Waals surface area contributed by atoms with Crippen LogP contribution >= 0.6 is 11.9 Å². The Morgan fingerprint density at radius 2 is 2.05 bits per heavy atom. The second-order valence-corrected chi connectivity index (χ2v) is 5.61. The van der Waals surface area contributed by atoms with E-state index in [2.05, 4.69) is 55.2 Å². The highest BCUT2D eigenvalue weighted by Crippen LogP contribution is 2.13. The van der Waals surface area contributed by atoms with Crippen molar-refractivity contribution in [3.8, 4) is 0 Å². The molecule has 0 amide bonds. The summed E-state index contributed by atoms with van der Waals surface area (Å²) in [5.41, 5.74) is 1.32. The summed E-state index contributed by atoms with van der Waals surface area (Å²) in [6.07, 6.45) is 10.6. The fourth-order valence-corrected chi connectivity index (χ4v) is 2.76. The molecule has 0 fully saturated rings. The van der Waals surface area contributed by atoms with Crippen LogP contribution in [0.5, 0.6) is 0 Å². The summed E-state index contributed by atoms with van der Waals surface area (Å²) in [6.45, 7) is 14.6. The van der Waals surface area contributed by atoms with Crippen LogP contribution in [0, 0.1) is 0 Å². The van der Waals surface area contributed by atoms with Gasteiger partial charge in [-0.2, -0.15) is 0 Å². The topological polar surface area (TPSA) is 15.3 Å².